The average Bonchev–Trinajstić information content (AvgIpc) is 3.43. The van der Waals surface area contributed by atoms with Crippen molar-refractivity contribution >= 4 is 61.5 Å². The van der Waals surface area contributed by atoms with E-state index < -0.39 is 5.56 Å². The average molecular weight is 652 g/mol. The highest BCUT2D eigenvalue weighted by Crippen LogP contribution is 2.34. The quantitative estimate of drug-likeness (QED) is 0.218. The molecule has 1 aliphatic heterocycles. The minimum Gasteiger partial charge on any atom is -0.493 e. The van der Waals surface area contributed by atoms with Crippen LogP contribution in [0, 0.1) is 0 Å². The molecule has 10 nitrogen and oxygen atoms in total. The number of furan rings is 1. The molecule has 1 saturated heterocycles. The summed E-state index contributed by atoms with van der Waals surface area (Å²) in [5.41, 5.74) is 1.13. The first-order valence-electron chi connectivity index (χ1n) is 13.0. The van der Waals surface area contributed by atoms with Crippen LogP contribution in [0.5, 0.6) is 11.5 Å². The number of methoxy groups -OCH3 is 1. The Bertz CT molecular complexity index is 1900. The van der Waals surface area contributed by atoms with Gasteiger partial charge in [0.25, 0.3) is 11.5 Å². The number of hydrogen-bond acceptors (Lipinski definition) is 8. The van der Waals surface area contributed by atoms with E-state index in [1.54, 1.807) is 41.3 Å². The minimum absolute atomic E-state index is 0.188. The van der Waals surface area contributed by atoms with Crippen molar-refractivity contribution in [2.24, 2.45) is 5.10 Å². The Kier molecular flexibility index (Phi) is 7.96. The summed E-state index contributed by atoms with van der Waals surface area (Å²) in [6, 6.07) is 17.6. The molecule has 42 heavy (non-hydrogen) atoms. The van der Waals surface area contributed by atoms with E-state index in [4.69, 9.17) is 35.2 Å². The van der Waals surface area contributed by atoms with Crippen LogP contribution in [-0.2, 0) is 9.53 Å². The molecule has 1 amide bonds. The summed E-state index contributed by atoms with van der Waals surface area (Å²) in [4.78, 5) is 32.9. The second kappa shape index (κ2) is 12.0. The van der Waals surface area contributed by atoms with E-state index in [1.165, 1.54) is 18.0 Å². The maximum Gasteiger partial charge on any atom is 0.282 e. The molecule has 2 aromatic heterocycles. The van der Waals surface area contributed by atoms with E-state index in [-0.39, 0.29) is 24.1 Å². The first-order valence-corrected chi connectivity index (χ1v) is 14.2. The van der Waals surface area contributed by atoms with E-state index in [0.29, 0.717) is 64.9 Å². The van der Waals surface area contributed by atoms with Gasteiger partial charge in [-0.2, -0.15) is 9.78 Å². The van der Waals surface area contributed by atoms with Gasteiger partial charge in [-0.05, 0) is 42.5 Å². The summed E-state index contributed by atoms with van der Waals surface area (Å²) in [6.45, 7) is 1.72. The molecule has 0 unspecified atom stereocenters. The number of aromatic nitrogens is 2. The maximum atomic E-state index is 13.7. The molecule has 0 bridgehead atoms. The fourth-order valence-electron chi connectivity index (χ4n) is 4.66. The van der Waals surface area contributed by atoms with E-state index in [2.05, 4.69) is 21.0 Å². The first-order chi connectivity index (χ1) is 20.4. The number of amides is 1. The molecule has 214 valence electrons. The zero-order valence-corrected chi connectivity index (χ0v) is 24.7. The number of morpholine rings is 1. The van der Waals surface area contributed by atoms with Crippen LogP contribution in [0.25, 0.3) is 33.5 Å². The third kappa shape index (κ3) is 5.63. The van der Waals surface area contributed by atoms with Crippen LogP contribution in [-0.4, -0.2) is 66.7 Å². The monoisotopic (exact) mass is 650 g/mol. The van der Waals surface area contributed by atoms with Crippen molar-refractivity contribution in [2.45, 2.75) is 0 Å². The van der Waals surface area contributed by atoms with Gasteiger partial charge in [-0.25, -0.2) is 4.98 Å². The standard InChI is InChI=1S/C30H24BrClN4O6/c1-39-25-15-21(32)13-19(28(25)41-17-27(37)35-8-10-40-11-9-35)16-33-36-29(34-23-5-3-2-4-22(23)30(36)38)26-14-18-12-20(31)6-7-24(18)42-26/h2-7,12-16H,8-11,17H2,1H3. The molecule has 0 spiro atoms. The lowest BCUT2D eigenvalue weighted by molar-refractivity contribution is -0.137. The number of rotatable bonds is 7. The third-order valence-electron chi connectivity index (χ3n) is 6.74. The normalized spacial score (nSPS) is 13.7. The van der Waals surface area contributed by atoms with Gasteiger partial charge < -0.3 is 23.5 Å². The predicted octanol–water partition coefficient (Wildman–Crippen LogP) is 5.35. The van der Waals surface area contributed by atoms with Gasteiger partial charge in [0.1, 0.15) is 5.58 Å². The van der Waals surface area contributed by atoms with Crippen LogP contribution in [0.3, 0.4) is 0 Å². The van der Waals surface area contributed by atoms with Crippen molar-refractivity contribution < 1.29 is 23.4 Å². The second-order valence-electron chi connectivity index (χ2n) is 9.42. The van der Waals surface area contributed by atoms with Crippen LogP contribution < -0.4 is 15.0 Å². The molecular formula is C30H24BrClN4O6. The Balaban J connectivity index is 1.43. The van der Waals surface area contributed by atoms with Crippen LogP contribution >= 0.6 is 27.5 Å². The van der Waals surface area contributed by atoms with Gasteiger partial charge in [-0.15, -0.1) is 0 Å². The minimum atomic E-state index is -0.396. The smallest absolute Gasteiger partial charge is 0.282 e. The lowest BCUT2D eigenvalue weighted by atomic mass is 10.2. The van der Waals surface area contributed by atoms with Crippen LogP contribution in [0.2, 0.25) is 5.02 Å². The molecule has 0 N–H and O–H groups in total. The van der Waals surface area contributed by atoms with Gasteiger partial charge >= 0.3 is 0 Å². The third-order valence-corrected chi connectivity index (χ3v) is 7.45. The predicted molar refractivity (Wildman–Crippen MR) is 163 cm³/mol. The van der Waals surface area contributed by atoms with Gasteiger partial charge in [0.15, 0.2) is 23.9 Å². The first kappa shape index (κ1) is 28.0. The molecule has 12 heteroatoms. The van der Waals surface area contributed by atoms with Gasteiger partial charge in [0.05, 0.1) is 37.4 Å². The summed E-state index contributed by atoms with van der Waals surface area (Å²) in [7, 11) is 1.47. The summed E-state index contributed by atoms with van der Waals surface area (Å²) >= 11 is 9.85. The highest BCUT2D eigenvalue weighted by molar-refractivity contribution is 9.10. The number of carbonyl (C=O) groups is 1. The number of halogens is 2. The fraction of sp³-hybridized carbons (Fsp3) is 0.200. The van der Waals surface area contributed by atoms with Crippen molar-refractivity contribution in [3.8, 4) is 23.1 Å². The molecule has 5 aromatic rings. The van der Waals surface area contributed by atoms with Crippen molar-refractivity contribution in [3.05, 3.63) is 86.1 Å². The number of nitrogens with zero attached hydrogens (tertiary/aromatic N) is 4. The summed E-state index contributed by atoms with van der Waals surface area (Å²) < 4.78 is 24.9. The van der Waals surface area contributed by atoms with Crippen LogP contribution in [0.15, 0.2) is 79.4 Å². The lowest BCUT2D eigenvalue weighted by Gasteiger charge is -2.27. The molecule has 1 fully saturated rings. The molecule has 0 aliphatic carbocycles. The maximum absolute atomic E-state index is 13.7. The molecule has 0 saturated carbocycles. The van der Waals surface area contributed by atoms with E-state index >= 15 is 0 Å². The Hall–Kier alpha value is -4.19. The molecule has 0 radical (unpaired) electrons. The van der Waals surface area contributed by atoms with Crippen LogP contribution in [0.1, 0.15) is 5.56 Å². The van der Waals surface area contributed by atoms with Crippen molar-refractivity contribution in [3.63, 3.8) is 0 Å². The zero-order chi connectivity index (χ0) is 29.2. The van der Waals surface area contributed by atoms with E-state index in [9.17, 15) is 9.59 Å². The van der Waals surface area contributed by atoms with Crippen LogP contribution in [0.4, 0.5) is 0 Å². The topological polar surface area (TPSA) is 108 Å². The Morgan fingerprint density at radius 1 is 1.14 bits per heavy atom. The highest BCUT2D eigenvalue weighted by Gasteiger charge is 2.21. The summed E-state index contributed by atoms with van der Waals surface area (Å²) in [6.07, 6.45) is 1.42. The van der Waals surface area contributed by atoms with Crippen molar-refractivity contribution in [1.29, 1.82) is 0 Å². The Morgan fingerprint density at radius 3 is 2.76 bits per heavy atom. The van der Waals surface area contributed by atoms with E-state index in [0.717, 1.165) is 9.86 Å². The lowest BCUT2D eigenvalue weighted by Crippen LogP contribution is -2.43. The number of carbonyl (C=O) groups excluding carboxylic acids is 1. The molecule has 1 aliphatic rings. The zero-order valence-electron chi connectivity index (χ0n) is 22.4. The number of hydrogen-bond donors (Lipinski definition) is 0. The number of benzene rings is 3. The highest BCUT2D eigenvalue weighted by atomic mass is 79.9. The summed E-state index contributed by atoms with van der Waals surface area (Å²) in [5.74, 6) is 0.947. The number of ether oxygens (including phenoxy) is 3. The molecular weight excluding hydrogens is 628 g/mol. The van der Waals surface area contributed by atoms with Gasteiger partial charge in [0, 0.05) is 39.6 Å². The van der Waals surface area contributed by atoms with Crippen molar-refractivity contribution in [2.75, 3.05) is 40.0 Å². The van der Waals surface area contributed by atoms with Gasteiger partial charge in [-0.1, -0.05) is 39.7 Å². The summed E-state index contributed by atoms with van der Waals surface area (Å²) in [5, 5.41) is 6.09. The molecule has 6 rings (SSSR count). The van der Waals surface area contributed by atoms with Gasteiger partial charge in [0.2, 0.25) is 5.82 Å². The van der Waals surface area contributed by atoms with Crippen molar-refractivity contribution in [1.82, 2.24) is 14.6 Å². The fourth-order valence-corrected chi connectivity index (χ4v) is 5.26. The number of fused-ring (bicyclic) bond motifs is 2. The Morgan fingerprint density at radius 2 is 1.95 bits per heavy atom. The van der Waals surface area contributed by atoms with Gasteiger partial charge in [-0.3, -0.25) is 9.59 Å². The molecule has 3 aromatic carbocycles. The second-order valence-corrected chi connectivity index (χ2v) is 10.8. The number of para-hydroxylation sites is 1. The van der Waals surface area contributed by atoms with E-state index in [1.807, 2.05) is 24.3 Å². The molecule has 3 heterocycles. The largest absolute Gasteiger partial charge is 0.493 e. The molecule has 0 atom stereocenters. The Labute approximate surface area is 253 Å². The SMILES string of the molecule is COc1cc(Cl)cc(C=Nn2c(-c3cc4cc(Br)ccc4o3)nc3ccccc3c2=O)c1OCC(=O)N1CCOCC1.